The molecule has 1 heterocycles. The van der Waals surface area contributed by atoms with Gasteiger partial charge in [0, 0.05) is 0 Å². The van der Waals surface area contributed by atoms with Crippen molar-refractivity contribution >= 4 is 5.97 Å². The standard InChI is InChI=1S/C14H18O5/c1-2-17-11-5-3-4-6-12(11)18-9-10-7-8-13(19-10)14(15)16/h3-6,10,13H,2,7-9H2,1H3,(H,15,16). The van der Waals surface area contributed by atoms with Gasteiger partial charge < -0.3 is 19.3 Å². The monoisotopic (exact) mass is 266 g/mol. The number of aliphatic carboxylic acids is 1. The van der Waals surface area contributed by atoms with Crippen molar-refractivity contribution in [3.8, 4) is 11.5 Å². The van der Waals surface area contributed by atoms with Crippen LogP contribution in [-0.4, -0.2) is 36.5 Å². The van der Waals surface area contributed by atoms with Crippen molar-refractivity contribution in [1.82, 2.24) is 0 Å². The van der Waals surface area contributed by atoms with Gasteiger partial charge in [-0.15, -0.1) is 0 Å². The Labute approximate surface area is 112 Å². The third-order valence-electron chi connectivity index (χ3n) is 2.96. The maximum Gasteiger partial charge on any atom is 0.332 e. The molecule has 0 aromatic heterocycles. The predicted molar refractivity (Wildman–Crippen MR) is 68.6 cm³/mol. The molecule has 0 saturated carbocycles. The lowest BCUT2D eigenvalue weighted by molar-refractivity contribution is -0.149. The summed E-state index contributed by atoms with van der Waals surface area (Å²) in [6, 6.07) is 7.42. The van der Waals surface area contributed by atoms with Gasteiger partial charge in [-0.25, -0.2) is 4.79 Å². The molecule has 1 N–H and O–H groups in total. The van der Waals surface area contributed by atoms with Gasteiger partial charge in [-0.3, -0.25) is 0 Å². The van der Waals surface area contributed by atoms with E-state index in [1.165, 1.54) is 0 Å². The summed E-state index contributed by atoms with van der Waals surface area (Å²) in [6.07, 6.45) is 0.371. The Bertz CT molecular complexity index is 432. The van der Waals surface area contributed by atoms with Crippen molar-refractivity contribution in [3.63, 3.8) is 0 Å². The molecule has 104 valence electrons. The van der Waals surface area contributed by atoms with Crippen LogP contribution < -0.4 is 9.47 Å². The highest BCUT2D eigenvalue weighted by Crippen LogP contribution is 2.28. The van der Waals surface area contributed by atoms with Gasteiger partial charge in [0.05, 0.1) is 12.7 Å². The van der Waals surface area contributed by atoms with Crippen LogP contribution >= 0.6 is 0 Å². The zero-order chi connectivity index (χ0) is 13.7. The van der Waals surface area contributed by atoms with Gasteiger partial charge in [0.2, 0.25) is 0 Å². The Morgan fingerprint density at radius 3 is 2.58 bits per heavy atom. The fraction of sp³-hybridized carbons (Fsp3) is 0.500. The molecule has 5 nitrogen and oxygen atoms in total. The van der Waals surface area contributed by atoms with Crippen LogP contribution in [0.4, 0.5) is 0 Å². The molecule has 2 unspecified atom stereocenters. The molecule has 1 aliphatic rings. The van der Waals surface area contributed by atoms with E-state index in [9.17, 15) is 4.79 Å². The van der Waals surface area contributed by atoms with Gasteiger partial charge in [-0.1, -0.05) is 12.1 Å². The number of hydrogen-bond donors (Lipinski definition) is 1. The molecule has 1 aromatic carbocycles. The maximum absolute atomic E-state index is 10.8. The van der Waals surface area contributed by atoms with Crippen molar-refractivity contribution in [3.05, 3.63) is 24.3 Å². The minimum Gasteiger partial charge on any atom is -0.490 e. The summed E-state index contributed by atoms with van der Waals surface area (Å²) in [5.74, 6) is 0.446. The Morgan fingerprint density at radius 1 is 1.32 bits per heavy atom. The highest BCUT2D eigenvalue weighted by molar-refractivity contribution is 5.72. The summed E-state index contributed by atoms with van der Waals surface area (Å²) in [5.41, 5.74) is 0. The second-order valence-corrected chi connectivity index (χ2v) is 4.35. The maximum atomic E-state index is 10.8. The number of carboxylic acids is 1. The quantitative estimate of drug-likeness (QED) is 0.854. The number of rotatable bonds is 6. The van der Waals surface area contributed by atoms with Crippen LogP contribution in [0.25, 0.3) is 0 Å². The second kappa shape index (κ2) is 6.43. The van der Waals surface area contributed by atoms with Crippen LogP contribution in [0.15, 0.2) is 24.3 Å². The predicted octanol–water partition coefficient (Wildman–Crippen LogP) is 2.10. The minimum atomic E-state index is -0.905. The Morgan fingerprint density at radius 2 is 2.00 bits per heavy atom. The molecule has 5 heteroatoms. The van der Waals surface area contributed by atoms with Crippen LogP contribution in [0, 0.1) is 0 Å². The topological polar surface area (TPSA) is 65.0 Å². The average molecular weight is 266 g/mol. The molecule has 0 amide bonds. The number of carbonyl (C=O) groups is 1. The van der Waals surface area contributed by atoms with Gasteiger partial charge in [0.25, 0.3) is 0 Å². The van der Waals surface area contributed by atoms with Crippen molar-refractivity contribution in [2.45, 2.75) is 32.0 Å². The van der Waals surface area contributed by atoms with E-state index < -0.39 is 12.1 Å². The van der Waals surface area contributed by atoms with E-state index in [1.807, 2.05) is 31.2 Å². The zero-order valence-corrected chi connectivity index (χ0v) is 10.9. The third kappa shape index (κ3) is 3.61. The molecule has 0 aliphatic carbocycles. The summed E-state index contributed by atoms with van der Waals surface area (Å²) in [7, 11) is 0. The second-order valence-electron chi connectivity index (χ2n) is 4.35. The highest BCUT2D eigenvalue weighted by Gasteiger charge is 2.30. The lowest BCUT2D eigenvalue weighted by Gasteiger charge is -2.15. The van der Waals surface area contributed by atoms with Crippen LogP contribution in [0.3, 0.4) is 0 Å². The molecule has 19 heavy (non-hydrogen) atoms. The summed E-state index contributed by atoms with van der Waals surface area (Å²) >= 11 is 0. The number of carboxylic acid groups (broad SMARTS) is 1. The number of para-hydroxylation sites is 2. The SMILES string of the molecule is CCOc1ccccc1OCC1CCC(C(=O)O)O1. The van der Waals surface area contributed by atoms with E-state index in [0.29, 0.717) is 37.6 Å². The summed E-state index contributed by atoms with van der Waals surface area (Å²) in [4.78, 5) is 10.8. The van der Waals surface area contributed by atoms with E-state index in [-0.39, 0.29) is 6.10 Å². The molecule has 2 atom stereocenters. The smallest absolute Gasteiger partial charge is 0.332 e. The normalized spacial score (nSPS) is 22.2. The lowest BCUT2D eigenvalue weighted by Crippen LogP contribution is -2.23. The van der Waals surface area contributed by atoms with Gasteiger partial charge >= 0.3 is 5.97 Å². The zero-order valence-electron chi connectivity index (χ0n) is 10.9. The summed E-state index contributed by atoms with van der Waals surface area (Å²) in [6.45, 7) is 2.82. The Balaban J connectivity index is 1.87. The van der Waals surface area contributed by atoms with Crippen molar-refractivity contribution in [2.75, 3.05) is 13.2 Å². The fourth-order valence-corrected chi connectivity index (χ4v) is 2.04. The summed E-state index contributed by atoms with van der Waals surface area (Å²) < 4.78 is 16.5. The molecule has 1 aliphatic heterocycles. The first kappa shape index (κ1) is 13.7. The first-order valence-electron chi connectivity index (χ1n) is 6.43. The highest BCUT2D eigenvalue weighted by atomic mass is 16.6. The molecular formula is C14H18O5. The van der Waals surface area contributed by atoms with Gasteiger partial charge in [-0.2, -0.15) is 0 Å². The largest absolute Gasteiger partial charge is 0.490 e. The van der Waals surface area contributed by atoms with Gasteiger partial charge in [-0.05, 0) is 31.9 Å². The molecule has 1 saturated heterocycles. The van der Waals surface area contributed by atoms with E-state index in [1.54, 1.807) is 0 Å². The van der Waals surface area contributed by atoms with E-state index in [0.717, 1.165) is 0 Å². The van der Waals surface area contributed by atoms with Crippen LogP contribution in [-0.2, 0) is 9.53 Å². The average Bonchev–Trinajstić information content (AvgIpc) is 2.87. The molecule has 0 spiro atoms. The third-order valence-corrected chi connectivity index (χ3v) is 2.96. The molecule has 0 radical (unpaired) electrons. The number of ether oxygens (including phenoxy) is 3. The van der Waals surface area contributed by atoms with Crippen molar-refractivity contribution in [1.29, 1.82) is 0 Å². The van der Waals surface area contributed by atoms with Crippen LogP contribution in [0.2, 0.25) is 0 Å². The van der Waals surface area contributed by atoms with E-state index in [2.05, 4.69) is 0 Å². The molecule has 2 rings (SSSR count). The molecule has 1 fully saturated rings. The Hall–Kier alpha value is -1.75. The summed E-state index contributed by atoms with van der Waals surface area (Å²) in [5, 5.41) is 8.84. The molecule has 1 aromatic rings. The minimum absolute atomic E-state index is 0.171. The van der Waals surface area contributed by atoms with E-state index >= 15 is 0 Å². The Kier molecular flexibility index (Phi) is 4.63. The first-order valence-corrected chi connectivity index (χ1v) is 6.43. The number of hydrogen-bond acceptors (Lipinski definition) is 4. The van der Waals surface area contributed by atoms with Crippen LogP contribution in [0.1, 0.15) is 19.8 Å². The fourth-order valence-electron chi connectivity index (χ4n) is 2.04. The van der Waals surface area contributed by atoms with Crippen LogP contribution in [0.5, 0.6) is 11.5 Å². The molecular weight excluding hydrogens is 248 g/mol. The van der Waals surface area contributed by atoms with Gasteiger partial charge in [0.1, 0.15) is 6.61 Å². The number of benzene rings is 1. The van der Waals surface area contributed by atoms with Crippen molar-refractivity contribution < 1.29 is 24.1 Å². The lowest BCUT2D eigenvalue weighted by atomic mass is 10.2. The first-order chi connectivity index (χ1) is 9.20. The van der Waals surface area contributed by atoms with Gasteiger partial charge in [0.15, 0.2) is 17.6 Å². The molecule has 0 bridgehead atoms. The van der Waals surface area contributed by atoms with Crippen molar-refractivity contribution in [2.24, 2.45) is 0 Å². The van der Waals surface area contributed by atoms with E-state index in [4.69, 9.17) is 19.3 Å².